The minimum atomic E-state index is -0.935. The van der Waals surface area contributed by atoms with Gasteiger partial charge in [0.1, 0.15) is 0 Å². The molecule has 0 amide bonds. The molecule has 0 aromatic carbocycles. The van der Waals surface area contributed by atoms with Crippen molar-refractivity contribution < 1.29 is 24.5 Å². The summed E-state index contributed by atoms with van der Waals surface area (Å²) >= 11 is 0. The largest absolute Gasteiger partial charge is 0.478 e. The van der Waals surface area contributed by atoms with Gasteiger partial charge in [0.05, 0.1) is 6.10 Å². The van der Waals surface area contributed by atoms with Gasteiger partial charge in [0, 0.05) is 17.8 Å². The first-order chi connectivity index (χ1) is 8.34. The van der Waals surface area contributed by atoms with Gasteiger partial charge in [0.2, 0.25) is 0 Å². The van der Waals surface area contributed by atoms with Gasteiger partial charge in [0.25, 0.3) is 0 Å². The first-order valence-electron chi connectivity index (χ1n) is 5.75. The Morgan fingerprint density at radius 2 is 1.89 bits per heavy atom. The molecule has 5 heteroatoms. The van der Waals surface area contributed by atoms with E-state index in [1.165, 1.54) is 6.92 Å². The molecule has 1 unspecified atom stereocenters. The summed E-state index contributed by atoms with van der Waals surface area (Å²) < 4.78 is 5.35. The molecular formula is C13H20O5. The van der Waals surface area contributed by atoms with E-state index in [2.05, 4.69) is 6.58 Å². The lowest BCUT2D eigenvalue weighted by Gasteiger charge is -2.04. The van der Waals surface area contributed by atoms with Crippen LogP contribution in [0.2, 0.25) is 0 Å². The Morgan fingerprint density at radius 1 is 1.33 bits per heavy atom. The molecule has 1 fully saturated rings. The Bertz CT molecular complexity index is 325. The smallest absolute Gasteiger partial charge is 0.330 e. The minimum Gasteiger partial charge on any atom is -0.478 e. The highest BCUT2D eigenvalue weighted by Crippen LogP contribution is 2.16. The van der Waals surface area contributed by atoms with Crippen LogP contribution in [0.4, 0.5) is 0 Å². The number of hydrogen-bond acceptors (Lipinski definition) is 3. The summed E-state index contributed by atoms with van der Waals surface area (Å²) in [6.45, 7) is 7.03. The highest BCUT2D eigenvalue weighted by Gasteiger charge is 2.14. The third-order valence-electron chi connectivity index (χ3n) is 2.41. The predicted octanol–water partition coefficient (Wildman–Crippen LogP) is 2.23. The van der Waals surface area contributed by atoms with Gasteiger partial charge in [-0.25, -0.2) is 9.59 Å². The van der Waals surface area contributed by atoms with Crippen LogP contribution in [0.3, 0.4) is 0 Å². The highest BCUT2D eigenvalue weighted by atomic mass is 16.5. The summed E-state index contributed by atoms with van der Waals surface area (Å²) in [6.07, 6.45) is 4.88. The Morgan fingerprint density at radius 3 is 2.22 bits per heavy atom. The number of ether oxygens (including phenoxy) is 1. The second kappa shape index (κ2) is 8.47. The summed E-state index contributed by atoms with van der Waals surface area (Å²) in [4.78, 5) is 20.0. The van der Waals surface area contributed by atoms with Crippen molar-refractivity contribution in [3.8, 4) is 0 Å². The number of rotatable bonds is 4. The number of carbonyl (C=O) groups is 2. The van der Waals surface area contributed by atoms with E-state index in [9.17, 15) is 9.59 Å². The zero-order valence-corrected chi connectivity index (χ0v) is 10.8. The maximum Gasteiger partial charge on any atom is 0.330 e. The standard InChI is InChI=1S/C9H14O3.C4H6O2/c1-7(9(10)11)4-5-8-3-2-6-12-8;1-3(2)4(5)6/h4,8H,2-3,5-6H2,1H3,(H,10,11);1H2,2H3,(H,5,6). The van der Waals surface area contributed by atoms with Gasteiger partial charge in [-0.3, -0.25) is 0 Å². The third-order valence-corrected chi connectivity index (χ3v) is 2.41. The average Bonchev–Trinajstić information content (AvgIpc) is 2.79. The van der Waals surface area contributed by atoms with Gasteiger partial charge in [-0.15, -0.1) is 0 Å². The lowest BCUT2D eigenvalue weighted by molar-refractivity contribution is -0.133. The van der Waals surface area contributed by atoms with Crippen LogP contribution in [0.25, 0.3) is 0 Å². The molecule has 1 rings (SSSR count). The fourth-order valence-electron chi connectivity index (χ4n) is 1.23. The topological polar surface area (TPSA) is 83.8 Å². The lowest BCUT2D eigenvalue weighted by atomic mass is 10.1. The summed E-state index contributed by atoms with van der Waals surface area (Å²) in [5.74, 6) is -1.78. The predicted molar refractivity (Wildman–Crippen MR) is 67.4 cm³/mol. The van der Waals surface area contributed by atoms with Crippen LogP contribution in [-0.2, 0) is 14.3 Å². The summed E-state index contributed by atoms with van der Waals surface area (Å²) in [7, 11) is 0. The van der Waals surface area contributed by atoms with E-state index < -0.39 is 11.9 Å². The Kier molecular flexibility index (Phi) is 7.71. The Labute approximate surface area is 107 Å². The van der Waals surface area contributed by atoms with Crippen molar-refractivity contribution in [1.29, 1.82) is 0 Å². The SMILES string of the molecule is C=C(C)C(=O)O.CC(=CCC1CCCO1)C(=O)O. The molecule has 2 N–H and O–H groups in total. The molecule has 0 bridgehead atoms. The van der Waals surface area contributed by atoms with E-state index in [-0.39, 0.29) is 11.7 Å². The van der Waals surface area contributed by atoms with Gasteiger partial charge in [-0.2, -0.15) is 0 Å². The molecular weight excluding hydrogens is 236 g/mol. The van der Waals surface area contributed by atoms with E-state index in [0.29, 0.717) is 5.57 Å². The van der Waals surface area contributed by atoms with E-state index >= 15 is 0 Å². The zero-order chi connectivity index (χ0) is 14.1. The quantitative estimate of drug-likeness (QED) is 0.753. The Hall–Kier alpha value is -1.62. The highest BCUT2D eigenvalue weighted by molar-refractivity contribution is 5.85. The van der Waals surface area contributed by atoms with E-state index in [1.54, 1.807) is 13.0 Å². The number of hydrogen-bond donors (Lipinski definition) is 2. The zero-order valence-electron chi connectivity index (χ0n) is 10.8. The lowest BCUT2D eigenvalue weighted by Crippen LogP contribution is -2.04. The molecule has 18 heavy (non-hydrogen) atoms. The Balaban J connectivity index is 0.000000411. The third kappa shape index (κ3) is 7.62. The maximum absolute atomic E-state index is 10.4. The van der Waals surface area contributed by atoms with Crippen molar-refractivity contribution in [2.75, 3.05) is 6.61 Å². The fourth-order valence-corrected chi connectivity index (χ4v) is 1.23. The molecule has 1 aliphatic heterocycles. The molecule has 1 aliphatic rings. The van der Waals surface area contributed by atoms with Crippen LogP contribution in [0.1, 0.15) is 33.1 Å². The summed E-state index contributed by atoms with van der Waals surface area (Å²) in [5.41, 5.74) is 0.584. The first-order valence-corrected chi connectivity index (χ1v) is 5.75. The van der Waals surface area contributed by atoms with Gasteiger partial charge in [-0.1, -0.05) is 12.7 Å². The molecule has 0 aromatic heterocycles. The molecule has 0 aliphatic carbocycles. The van der Waals surface area contributed by atoms with E-state index in [4.69, 9.17) is 14.9 Å². The molecule has 0 aromatic rings. The van der Waals surface area contributed by atoms with Gasteiger partial charge < -0.3 is 14.9 Å². The van der Waals surface area contributed by atoms with Crippen LogP contribution >= 0.6 is 0 Å². The van der Waals surface area contributed by atoms with Crippen molar-refractivity contribution in [3.05, 3.63) is 23.8 Å². The van der Waals surface area contributed by atoms with Crippen molar-refractivity contribution in [2.45, 2.75) is 39.2 Å². The van der Waals surface area contributed by atoms with Crippen molar-refractivity contribution in [2.24, 2.45) is 0 Å². The van der Waals surface area contributed by atoms with Gasteiger partial charge in [-0.05, 0) is 33.1 Å². The van der Waals surface area contributed by atoms with Crippen molar-refractivity contribution in [1.82, 2.24) is 0 Å². The van der Waals surface area contributed by atoms with Crippen molar-refractivity contribution in [3.63, 3.8) is 0 Å². The molecule has 102 valence electrons. The van der Waals surface area contributed by atoms with Gasteiger partial charge >= 0.3 is 11.9 Å². The minimum absolute atomic E-state index is 0.176. The number of carboxylic acid groups (broad SMARTS) is 2. The van der Waals surface area contributed by atoms with Crippen LogP contribution in [0.5, 0.6) is 0 Å². The van der Waals surface area contributed by atoms with Crippen LogP contribution in [-0.4, -0.2) is 34.9 Å². The number of aliphatic carboxylic acids is 2. The monoisotopic (exact) mass is 256 g/mol. The number of carboxylic acids is 2. The van der Waals surface area contributed by atoms with Crippen LogP contribution < -0.4 is 0 Å². The molecule has 1 atom stereocenters. The molecule has 0 spiro atoms. The van der Waals surface area contributed by atoms with Crippen LogP contribution in [0.15, 0.2) is 23.8 Å². The fraction of sp³-hybridized carbons (Fsp3) is 0.538. The molecule has 1 saturated heterocycles. The summed E-state index contributed by atoms with van der Waals surface area (Å²) in [5, 5.41) is 16.4. The summed E-state index contributed by atoms with van der Waals surface area (Å²) in [6, 6.07) is 0. The van der Waals surface area contributed by atoms with Gasteiger partial charge in [0.15, 0.2) is 0 Å². The first kappa shape index (κ1) is 16.4. The molecule has 5 nitrogen and oxygen atoms in total. The molecule has 0 radical (unpaired) electrons. The molecule has 0 saturated carbocycles. The normalized spacial score (nSPS) is 18.8. The van der Waals surface area contributed by atoms with Crippen molar-refractivity contribution >= 4 is 11.9 Å². The maximum atomic E-state index is 10.4. The second-order valence-corrected chi connectivity index (χ2v) is 4.15. The molecule has 1 heterocycles. The average molecular weight is 256 g/mol. The van der Waals surface area contributed by atoms with E-state index in [1.807, 2.05) is 0 Å². The van der Waals surface area contributed by atoms with E-state index in [0.717, 1.165) is 25.9 Å². The second-order valence-electron chi connectivity index (χ2n) is 4.15. The van der Waals surface area contributed by atoms with Crippen LogP contribution in [0, 0.1) is 0 Å².